The van der Waals surface area contributed by atoms with Gasteiger partial charge in [0.15, 0.2) is 34.5 Å². The Kier molecular flexibility index (Phi) is 9.09. The molecule has 1 N–H and O–H groups in total. The number of phenols is 1. The molecule has 7 rings (SSSR count). The van der Waals surface area contributed by atoms with Crippen molar-refractivity contribution in [1.29, 1.82) is 0 Å². The van der Waals surface area contributed by atoms with Crippen LogP contribution in [0.15, 0.2) is 42.5 Å². The molecule has 4 aromatic carbocycles. The van der Waals surface area contributed by atoms with Gasteiger partial charge in [0, 0.05) is 41.9 Å². The number of aromatic hydroxyl groups is 1. The van der Waals surface area contributed by atoms with Crippen LogP contribution in [0.25, 0.3) is 11.1 Å². The molecule has 0 radical (unpaired) electrons. The Hall–Kier alpha value is -4.80. The van der Waals surface area contributed by atoms with Gasteiger partial charge >= 0.3 is 0 Å². The highest BCUT2D eigenvalue weighted by Crippen LogP contribution is 2.60. The molecule has 10 heteroatoms. The van der Waals surface area contributed by atoms with E-state index in [-0.39, 0.29) is 17.8 Å². The van der Waals surface area contributed by atoms with Crippen molar-refractivity contribution in [3.8, 4) is 62.9 Å². The monoisotopic (exact) mass is 682 g/mol. The van der Waals surface area contributed by atoms with Crippen LogP contribution in [0.4, 0.5) is 0 Å². The van der Waals surface area contributed by atoms with E-state index in [9.17, 15) is 5.11 Å². The first-order valence-corrected chi connectivity index (χ1v) is 17.0. The number of benzene rings is 4. The van der Waals surface area contributed by atoms with E-state index in [0.29, 0.717) is 46.7 Å². The van der Waals surface area contributed by atoms with Crippen molar-refractivity contribution in [2.75, 3.05) is 69.8 Å². The van der Waals surface area contributed by atoms with Gasteiger partial charge in [-0.2, -0.15) is 0 Å². The Balaban J connectivity index is 1.29. The van der Waals surface area contributed by atoms with Gasteiger partial charge in [0.2, 0.25) is 11.5 Å². The van der Waals surface area contributed by atoms with Gasteiger partial charge < -0.3 is 38.3 Å². The molecule has 2 heterocycles. The lowest BCUT2D eigenvalue weighted by Crippen LogP contribution is -2.36. The van der Waals surface area contributed by atoms with E-state index in [2.05, 4.69) is 36.0 Å². The molecule has 0 saturated carbocycles. The fourth-order valence-electron chi connectivity index (χ4n) is 8.19. The number of rotatable bonds is 10. The third-order valence-corrected chi connectivity index (χ3v) is 10.7. The van der Waals surface area contributed by atoms with Gasteiger partial charge in [0.25, 0.3) is 0 Å². The van der Waals surface area contributed by atoms with Gasteiger partial charge in [-0.1, -0.05) is 12.1 Å². The summed E-state index contributed by atoms with van der Waals surface area (Å²) >= 11 is 0. The van der Waals surface area contributed by atoms with Crippen LogP contribution in [0.1, 0.15) is 45.5 Å². The number of ether oxygens (including phenoxy) is 7. The summed E-state index contributed by atoms with van der Waals surface area (Å²) < 4.78 is 42.1. The van der Waals surface area contributed by atoms with Crippen molar-refractivity contribution in [2.45, 2.75) is 37.8 Å². The minimum atomic E-state index is 0.0636. The second kappa shape index (κ2) is 13.5. The Morgan fingerprint density at radius 2 is 1.36 bits per heavy atom. The quantitative estimate of drug-likeness (QED) is 0.194. The van der Waals surface area contributed by atoms with Crippen LogP contribution in [-0.4, -0.2) is 84.7 Å². The van der Waals surface area contributed by atoms with E-state index in [4.69, 9.17) is 33.2 Å². The Morgan fingerprint density at radius 3 is 2.02 bits per heavy atom. The van der Waals surface area contributed by atoms with Crippen molar-refractivity contribution in [1.82, 2.24) is 9.80 Å². The van der Waals surface area contributed by atoms with Crippen LogP contribution in [0.2, 0.25) is 0 Å². The van der Waals surface area contributed by atoms with Crippen molar-refractivity contribution in [2.24, 2.45) is 0 Å². The molecule has 2 atom stereocenters. The lowest BCUT2D eigenvalue weighted by Gasteiger charge is -2.41. The average molecular weight is 683 g/mol. The highest BCUT2D eigenvalue weighted by atomic mass is 16.5. The summed E-state index contributed by atoms with van der Waals surface area (Å²) in [6.45, 7) is 1.79. The molecule has 1 aliphatic carbocycles. The molecule has 0 spiro atoms. The molecule has 0 aromatic heterocycles. The molecule has 0 amide bonds. The van der Waals surface area contributed by atoms with Crippen molar-refractivity contribution < 1.29 is 38.3 Å². The zero-order valence-corrected chi connectivity index (χ0v) is 30.1. The van der Waals surface area contributed by atoms with Gasteiger partial charge in [0.1, 0.15) is 5.75 Å². The molecule has 3 aliphatic rings. The van der Waals surface area contributed by atoms with E-state index in [0.717, 1.165) is 65.9 Å². The second-order valence-electron chi connectivity index (χ2n) is 13.2. The van der Waals surface area contributed by atoms with E-state index in [1.54, 1.807) is 42.7 Å². The maximum Gasteiger partial charge on any atom is 0.204 e. The van der Waals surface area contributed by atoms with E-state index in [1.807, 2.05) is 30.3 Å². The molecule has 0 bridgehead atoms. The molecule has 4 aromatic rings. The van der Waals surface area contributed by atoms with Crippen LogP contribution in [0.3, 0.4) is 0 Å². The van der Waals surface area contributed by atoms with Crippen LogP contribution in [0, 0.1) is 0 Å². The summed E-state index contributed by atoms with van der Waals surface area (Å²) in [5.74, 6) is 5.00. The number of likely N-dealkylation sites (N-methyl/N-ethyl adjacent to an activating group) is 2. The van der Waals surface area contributed by atoms with E-state index >= 15 is 0 Å². The predicted octanol–water partition coefficient (Wildman–Crippen LogP) is 6.76. The molecular formula is C40H46N2O8. The van der Waals surface area contributed by atoms with Gasteiger partial charge in [0.05, 0.1) is 42.7 Å². The van der Waals surface area contributed by atoms with Crippen molar-refractivity contribution >= 4 is 0 Å². The molecule has 50 heavy (non-hydrogen) atoms. The zero-order valence-electron chi connectivity index (χ0n) is 30.1. The molecular weight excluding hydrogens is 636 g/mol. The maximum atomic E-state index is 10.4. The first-order chi connectivity index (χ1) is 24.3. The lowest BCUT2D eigenvalue weighted by atomic mass is 9.75. The SMILES string of the molecule is COc1cc2c(cc1O)CCN(C)C2Cc1ccc(Oc2c3c(cc(OC)c2OC)-c2c(OC)c(OC)c(OC)c4c2C(C3)N(C)CC4)cc1. The molecule has 2 aliphatic heterocycles. The minimum Gasteiger partial charge on any atom is -0.504 e. The van der Waals surface area contributed by atoms with Crippen LogP contribution < -0.4 is 33.2 Å². The fourth-order valence-corrected chi connectivity index (χ4v) is 8.19. The first-order valence-electron chi connectivity index (χ1n) is 17.0. The lowest BCUT2D eigenvalue weighted by molar-refractivity contribution is 0.220. The maximum absolute atomic E-state index is 10.4. The van der Waals surface area contributed by atoms with Gasteiger partial charge in [-0.25, -0.2) is 0 Å². The second-order valence-corrected chi connectivity index (χ2v) is 13.2. The molecule has 0 saturated heterocycles. The zero-order chi connectivity index (χ0) is 35.3. The largest absolute Gasteiger partial charge is 0.504 e. The highest BCUT2D eigenvalue weighted by Gasteiger charge is 2.41. The summed E-state index contributed by atoms with van der Waals surface area (Å²) in [5.41, 5.74) is 8.76. The molecule has 2 unspecified atom stereocenters. The number of nitrogens with zero attached hydrogens (tertiary/aromatic N) is 2. The topological polar surface area (TPSA) is 91.3 Å². The van der Waals surface area contributed by atoms with Gasteiger partial charge in [-0.05, 0) is 97.9 Å². The number of methoxy groups -OCH3 is 6. The average Bonchev–Trinajstić information content (AvgIpc) is 3.13. The predicted molar refractivity (Wildman–Crippen MR) is 191 cm³/mol. The molecule has 0 fully saturated rings. The Morgan fingerprint density at radius 1 is 0.680 bits per heavy atom. The minimum absolute atomic E-state index is 0.0636. The number of hydrogen-bond acceptors (Lipinski definition) is 10. The molecule has 264 valence electrons. The Bertz CT molecular complexity index is 1920. The standard InChI is InChI=1S/C40H46N2O8/c1-41-15-13-23-18-31(43)32(44-3)20-26(23)29(41)17-22-9-11-24(12-10-22)50-37-28-19-30-34-25(14-16-42(30)2)36(46-5)40(49-8)39(48-7)35(34)27(28)21-33(45-4)38(37)47-6/h9-12,18,20-21,29-30,43H,13-17,19H2,1-8H3. The van der Waals surface area contributed by atoms with Crippen LogP contribution >= 0.6 is 0 Å². The number of phenolic OH excluding ortho intramolecular Hbond substituents is 1. The summed E-state index contributed by atoms with van der Waals surface area (Å²) in [6.07, 6.45) is 3.21. The normalized spacial score (nSPS) is 18.0. The summed E-state index contributed by atoms with van der Waals surface area (Å²) in [6, 6.07) is 14.3. The summed E-state index contributed by atoms with van der Waals surface area (Å²) in [7, 11) is 14.2. The summed E-state index contributed by atoms with van der Waals surface area (Å²) in [4.78, 5) is 4.74. The fraction of sp³-hybridized carbons (Fsp3) is 0.400. The van der Waals surface area contributed by atoms with Crippen LogP contribution in [0.5, 0.6) is 51.7 Å². The first kappa shape index (κ1) is 33.7. The van der Waals surface area contributed by atoms with E-state index in [1.165, 1.54) is 16.7 Å². The summed E-state index contributed by atoms with van der Waals surface area (Å²) in [5, 5.41) is 10.4. The number of fused-ring (bicyclic) bond motifs is 3. The molecule has 10 nitrogen and oxygen atoms in total. The van der Waals surface area contributed by atoms with Gasteiger partial charge in [-0.15, -0.1) is 0 Å². The number of hydrogen-bond donors (Lipinski definition) is 1. The van der Waals surface area contributed by atoms with Crippen molar-refractivity contribution in [3.63, 3.8) is 0 Å². The highest BCUT2D eigenvalue weighted by molar-refractivity contribution is 5.89. The van der Waals surface area contributed by atoms with Gasteiger partial charge in [-0.3, -0.25) is 9.80 Å². The smallest absolute Gasteiger partial charge is 0.204 e. The van der Waals surface area contributed by atoms with Crippen molar-refractivity contribution in [3.05, 3.63) is 75.8 Å². The third kappa shape index (κ3) is 5.41. The third-order valence-electron chi connectivity index (χ3n) is 10.7. The Labute approximate surface area is 294 Å². The van der Waals surface area contributed by atoms with Crippen LogP contribution in [-0.2, 0) is 25.7 Å². The van der Waals surface area contributed by atoms with E-state index < -0.39 is 0 Å².